The first-order valence-corrected chi connectivity index (χ1v) is 9.42. The molecule has 0 aliphatic carbocycles. The largest absolute Gasteiger partial charge is 0.385 e. The molecule has 3 rings (SSSR count). The third-order valence-corrected chi connectivity index (χ3v) is 5.24. The Morgan fingerprint density at radius 3 is 3.13 bits per heavy atom. The van der Waals surface area contributed by atoms with Gasteiger partial charge in [-0.3, -0.25) is 0 Å². The number of thioether (sulfide) groups is 1. The van der Waals surface area contributed by atoms with E-state index in [0.717, 1.165) is 36.9 Å². The zero-order valence-electron chi connectivity index (χ0n) is 13.9. The van der Waals surface area contributed by atoms with Crippen LogP contribution in [0.4, 0.5) is 5.69 Å². The van der Waals surface area contributed by atoms with Crippen LogP contribution < -0.4 is 5.32 Å². The minimum atomic E-state index is 0.0985. The summed E-state index contributed by atoms with van der Waals surface area (Å²) in [6, 6.07) is 8.73. The van der Waals surface area contributed by atoms with Crippen LogP contribution in [0.5, 0.6) is 0 Å². The average Bonchev–Trinajstić information content (AvgIpc) is 3.19. The first-order valence-electron chi connectivity index (χ1n) is 8.27. The number of hydrogen-bond acceptors (Lipinski definition) is 4. The molecular weight excluding hydrogens is 306 g/mol. The highest BCUT2D eigenvalue weighted by Gasteiger charge is 2.32. The molecule has 0 amide bonds. The Labute approximate surface area is 142 Å². The highest BCUT2D eigenvalue weighted by Crippen LogP contribution is 2.33. The molecule has 0 bridgehead atoms. The van der Waals surface area contributed by atoms with E-state index < -0.39 is 0 Å². The number of nitrogens with zero attached hydrogens (tertiary/aromatic N) is 2. The molecule has 1 aromatic heterocycles. The van der Waals surface area contributed by atoms with Crippen LogP contribution in [0, 0.1) is 5.92 Å². The number of anilines is 1. The molecule has 1 aliphatic rings. The van der Waals surface area contributed by atoms with Crippen LogP contribution in [-0.2, 0) is 17.5 Å². The molecule has 23 heavy (non-hydrogen) atoms. The molecule has 0 unspecified atom stereocenters. The fourth-order valence-electron chi connectivity index (χ4n) is 3.02. The summed E-state index contributed by atoms with van der Waals surface area (Å²) in [6.45, 7) is 3.93. The van der Waals surface area contributed by atoms with Crippen molar-refractivity contribution in [2.45, 2.75) is 25.2 Å². The zero-order valence-corrected chi connectivity index (χ0v) is 14.7. The molecule has 124 valence electrons. The third kappa shape index (κ3) is 4.09. The monoisotopic (exact) mass is 331 g/mol. The molecule has 2 aromatic rings. The molecule has 1 aromatic carbocycles. The lowest BCUT2D eigenvalue weighted by molar-refractivity contribution is 0.0839. The van der Waals surface area contributed by atoms with Crippen LogP contribution in [0.1, 0.15) is 30.8 Å². The van der Waals surface area contributed by atoms with Crippen LogP contribution in [0.15, 0.2) is 36.7 Å². The van der Waals surface area contributed by atoms with Crippen molar-refractivity contribution < 1.29 is 4.74 Å². The molecule has 0 spiro atoms. The van der Waals surface area contributed by atoms with Gasteiger partial charge < -0.3 is 14.6 Å². The van der Waals surface area contributed by atoms with Gasteiger partial charge in [-0.2, -0.15) is 11.8 Å². The quantitative estimate of drug-likeness (QED) is 0.836. The second kappa shape index (κ2) is 7.88. The summed E-state index contributed by atoms with van der Waals surface area (Å²) in [5.74, 6) is 3.73. The van der Waals surface area contributed by atoms with Gasteiger partial charge in [0.25, 0.3) is 0 Å². The lowest BCUT2D eigenvalue weighted by atomic mass is 10.0. The van der Waals surface area contributed by atoms with Gasteiger partial charge in [-0.15, -0.1) is 0 Å². The van der Waals surface area contributed by atoms with Gasteiger partial charge in [0.15, 0.2) is 0 Å². The SMILES string of the molecule is CCSCc1cccc(NC[C@@H]2CCO[C@H]2c2nccn2C)c1. The number of aromatic nitrogens is 2. The van der Waals surface area contributed by atoms with Crippen LogP contribution in [0.3, 0.4) is 0 Å². The highest BCUT2D eigenvalue weighted by atomic mass is 32.2. The van der Waals surface area contributed by atoms with Crippen molar-refractivity contribution in [3.63, 3.8) is 0 Å². The van der Waals surface area contributed by atoms with Crippen molar-refractivity contribution in [1.82, 2.24) is 9.55 Å². The van der Waals surface area contributed by atoms with Crippen LogP contribution >= 0.6 is 11.8 Å². The molecule has 0 saturated carbocycles. The first kappa shape index (κ1) is 16.4. The molecule has 1 saturated heterocycles. The fourth-order valence-corrected chi connectivity index (χ4v) is 3.64. The number of hydrogen-bond donors (Lipinski definition) is 1. The molecular formula is C18H25N3OS. The molecule has 2 atom stereocenters. The lowest BCUT2D eigenvalue weighted by Crippen LogP contribution is -2.20. The van der Waals surface area contributed by atoms with E-state index in [1.54, 1.807) is 0 Å². The number of nitrogens with one attached hydrogen (secondary N) is 1. The molecule has 0 radical (unpaired) electrons. The Bertz CT molecular complexity index is 628. The number of benzene rings is 1. The van der Waals surface area contributed by atoms with Gasteiger partial charge in [-0.1, -0.05) is 19.1 Å². The summed E-state index contributed by atoms with van der Waals surface area (Å²) in [4.78, 5) is 4.46. The maximum Gasteiger partial charge on any atom is 0.138 e. The van der Waals surface area contributed by atoms with E-state index in [1.807, 2.05) is 31.2 Å². The standard InChI is InChI=1S/C18H25N3OS/c1-3-23-13-14-5-4-6-16(11-14)20-12-15-7-10-22-17(15)18-19-8-9-21(18)2/h4-6,8-9,11,15,17,20H,3,7,10,12-13H2,1-2H3/t15-,17+/m0/s1. The lowest BCUT2D eigenvalue weighted by Gasteiger charge is -2.19. The zero-order chi connectivity index (χ0) is 16.1. The Morgan fingerprint density at radius 2 is 2.35 bits per heavy atom. The Balaban J connectivity index is 1.60. The van der Waals surface area contributed by atoms with Crippen LogP contribution in [0.2, 0.25) is 0 Å². The third-order valence-electron chi connectivity index (χ3n) is 4.30. The van der Waals surface area contributed by atoms with Crippen LogP contribution in [0.25, 0.3) is 0 Å². The second-order valence-corrected chi connectivity index (χ2v) is 7.23. The summed E-state index contributed by atoms with van der Waals surface area (Å²) < 4.78 is 7.99. The minimum absolute atomic E-state index is 0.0985. The van der Waals surface area contributed by atoms with Crippen molar-refractivity contribution in [2.75, 3.05) is 24.2 Å². The van der Waals surface area contributed by atoms with Crippen molar-refractivity contribution in [3.05, 3.63) is 48.0 Å². The number of ether oxygens (including phenoxy) is 1. The molecule has 4 nitrogen and oxygen atoms in total. The maximum atomic E-state index is 5.93. The predicted molar refractivity (Wildman–Crippen MR) is 96.8 cm³/mol. The van der Waals surface area contributed by atoms with Crippen molar-refractivity contribution in [3.8, 4) is 0 Å². The summed E-state index contributed by atoms with van der Waals surface area (Å²) in [7, 11) is 2.03. The number of rotatable bonds is 7. The van der Waals surface area contributed by atoms with E-state index in [4.69, 9.17) is 4.74 Å². The number of imidazole rings is 1. The van der Waals surface area contributed by atoms with E-state index in [2.05, 4.69) is 46.1 Å². The topological polar surface area (TPSA) is 39.1 Å². The van der Waals surface area contributed by atoms with Crippen molar-refractivity contribution in [2.24, 2.45) is 13.0 Å². The Kier molecular flexibility index (Phi) is 5.62. The van der Waals surface area contributed by atoms with Crippen LogP contribution in [-0.4, -0.2) is 28.5 Å². The van der Waals surface area contributed by atoms with E-state index in [0.29, 0.717) is 5.92 Å². The average molecular weight is 331 g/mol. The molecule has 1 fully saturated rings. The molecule has 1 N–H and O–H groups in total. The van der Waals surface area contributed by atoms with Gasteiger partial charge in [-0.25, -0.2) is 4.98 Å². The predicted octanol–water partition coefficient (Wildman–Crippen LogP) is 3.86. The first-order chi connectivity index (χ1) is 11.3. The highest BCUT2D eigenvalue weighted by molar-refractivity contribution is 7.98. The van der Waals surface area contributed by atoms with Gasteiger partial charge in [0.2, 0.25) is 0 Å². The van der Waals surface area contributed by atoms with E-state index in [9.17, 15) is 0 Å². The van der Waals surface area contributed by atoms with Gasteiger partial charge in [0.1, 0.15) is 11.9 Å². The Morgan fingerprint density at radius 1 is 1.43 bits per heavy atom. The van der Waals surface area contributed by atoms with Crippen molar-refractivity contribution >= 4 is 17.4 Å². The summed E-state index contributed by atoms with van der Waals surface area (Å²) in [5, 5.41) is 3.59. The van der Waals surface area contributed by atoms with E-state index in [-0.39, 0.29) is 6.10 Å². The molecule has 5 heteroatoms. The smallest absolute Gasteiger partial charge is 0.138 e. The Hall–Kier alpha value is -1.46. The normalized spacial score (nSPS) is 20.8. The number of aryl methyl sites for hydroxylation is 1. The summed E-state index contributed by atoms with van der Waals surface area (Å²) in [6.07, 6.45) is 5.00. The summed E-state index contributed by atoms with van der Waals surface area (Å²) in [5.41, 5.74) is 2.58. The molecule has 2 heterocycles. The van der Waals surface area contributed by atoms with E-state index in [1.165, 1.54) is 11.3 Å². The minimum Gasteiger partial charge on any atom is -0.385 e. The van der Waals surface area contributed by atoms with Gasteiger partial charge in [0.05, 0.1) is 0 Å². The van der Waals surface area contributed by atoms with Gasteiger partial charge in [-0.05, 0) is 29.9 Å². The fraction of sp³-hybridized carbons (Fsp3) is 0.500. The van der Waals surface area contributed by atoms with E-state index >= 15 is 0 Å². The van der Waals surface area contributed by atoms with Crippen molar-refractivity contribution in [1.29, 1.82) is 0 Å². The van der Waals surface area contributed by atoms with Gasteiger partial charge in [0, 0.05) is 50.0 Å². The molecule has 1 aliphatic heterocycles. The second-order valence-electron chi connectivity index (χ2n) is 5.95. The summed E-state index contributed by atoms with van der Waals surface area (Å²) >= 11 is 1.95. The van der Waals surface area contributed by atoms with Gasteiger partial charge >= 0.3 is 0 Å². The maximum absolute atomic E-state index is 5.93.